The van der Waals surface area contributed by atoms with Crippen LogP contribution >= 0.6 is 0 Å². The van der Waals surface area contributed by atoms with Crippen LogP contribution in [0, 0.1) is 0 Å². The molecule has 1 aliphatic rings. The normalized spacial score (nSPS) is 14.3. The minimum atomic E-state index is 0.0726. The number of rotatable bonds is 2. The molecule has 4 heteroatoms. The van der Waals surface area contributed by atoms with Gasteiger partial charge in [0.15, 0.2) is 0 Å². The lowest BCUT2D eigenvalue weighted by Crippen LogP contribution is -2.33. The second-order valence-electron chi connectivity index (χ2n) is 6.15. The van der Waals surface area contributed by atoms with E-state index in [0.717, 1.165) is 25.9 Å². The van der Waals surface area contributed by atoms with E-state index in [0.29, 0.717) is 11.3 Å². The van der Waals surface area contributed by atoms with E-state index in [4.69, 9.17) is 4.74 Å². The van der Waals surface area contributed by atoms with Gasteiger partial charge >= 0.3 is 0 Å². The van der Waals surface area contributed by atoms with E-state index in [1.807, 2.05) is 29.2 Å². The maximum atomic E-state index is 12.8. The number of hydrogen-bond donors (Lipinski definition) is 1. The van der Waals surface area contributed by atoms with Crippen molar-refractivity contribution < 1.29 is 9.53 Å². The lowest BCUT2D eigenvalue weighted by Gasteiger charge is -2.20. The molecule has 0 saturated carbocycles. The quantitative estimate of drug-likeness (QED) is 0.786. The van der Waals surface area contributed by atoms with Crippen LogP contribution in [-0.2, 0) is 12.8 Å². The molecule has 0 saturated heterocycles. The molecule has 0 spiro atoms. The zero-order chi connectivity index (χ0) is 16.5. The Morgan fingerprint density at radius 2 is 1.92 bits per heavy atom. The van der Waals surface area contributed by atoms with E-state index in [1.165, 1.54) is 22.2 Å². The highest BCUT2D eigenvalue weighted by atomic mass is 16.5. The average molecular weight is 320 g/mol. The van der Waals surface area contributed by atoms with Crippen LogP contribution in [0.25, 0.3) is 10.9 Å². The van der Waals surface area contributed by atoms with Gasteiger partial charge in [0, 0.05) is 41.7 Å². The molecule has 1 aromatic heterocycles. The molecule has 4 rings (SSSR count). The standard InChI is InChI=1S/C20H20N2O2/c1-24-15-6-4-5-14(13-15)20(23)22-11-9-17-16-7-2-3-8-18(16)21-19(17)10-12-22/h2-8,13,21H,9-12H2,1H3. The summed E-state index contributed by atoms with van der Waals surface area (Å²) in [6.45, 7) is 1.47. The van der Waals surface area contributed by atoms with Crippen molar-refractivity contribution in [2.24, 2.45) is 0 Å². The van der Waals surface area contributed by atoms with Crippen LogP contribution in [0.5, 0.6) is 5.75 Å². The number of aromatic nitrogens is 1. The van der Waals surface area contributed by atoms with Gasteiger partial charge in [-0.05, 0) is 36.2 Å². The van der Waals surface area contributed by atoms with Crippen molar-refractivity contribution >= 4 is 16.8 Å². The van der Waals surface area contributed by atoms with Gasteiger partial charge in [-0.1, -0.05) is 24.3 Å². The van der Waals surface area contributed by atoms with Gasteiger partial charge in [0.25, 0.3) is 5.91 Å². The van der Waals surface area contributed by atoms with Crippen molar-refractivity contribution in [1.82, 2.24) is 9.88 Å². The van der Waals surface area contributed by atoms with Gasteiger partial charge in [-0.15, -0.1) is 0 Å². The first-order valence-electron chi connectivity index (χ1n) is 8.28. The number of fused-ring (bicyclic) bond motifs is 3. The Hall–Kier alpha value is -2.75. The molecular formula is C20H20N2O2. The summed E-state index contributed by atoms with van der Waals surface area (Å²) >= 11 is 0. The van der Waals surface area contributed by atoms with Crippen LogP contribution in [0.15, 0.2) is 48.5 Å². The van der Waals surface area contributed by atoms with Gasteiger partial charge in [0.05, 0.1) is 7.11 Å². The zero-order valence-corrected chi connectivity index (χ0v) is 13.7. The Bertz CT molecular complexity index is 898. The zero-order valence-electron chi connectivity index (χ0n) is 13.7. The van der Waals surface area contributed by atoms with E-state index >= 15 is 0 Å². The number of amides is 1. The Labute approximate surface area is 141 Å². The van der Waals surface area contributed by atoms with Gasteiger partial charge in [-0.2, -0.15) is 0 Å². The summed E-state index contributed by atoms with van der Waals surface area (Å²) < 4.78 is 5.23. The van der Waals surface area contributed by atoms with Crippen LogP contribution in [0.1, 0.15) is 21.6 Å². The molecule has 24 heavy (non-hydrogen) atoms. The number of H-pyrrole nitrogens is 1. The molecule has 122 valence electrons. The number of benzene rings is 2. The fourth-order valence-corrected chi connectivity index (χ4v) is 3.50. The van der Waals surface area contributed by atoms with E-state index < -0.39 is 0 Å². The molecule has 0 unspecified atom stereocenters. The van der Waals surface area contributed by atoms with Crippen molar-refractivity contribution in [3.05, 3.63) is 65.4 Å². The van der Waals surface area contributed by atoms with Gasteiger partial charge in [0.1, 0.15) is 5.75 Å². The molecule has 1 amide bonds. The molecule has 2 aromatic carbocycles. The second-order valence-corrected chi connectivity index (χ2v) is 6.15. The Morgan fingerprint density at radius 3 is 2.79 bits per heavy atom. The topological polar surface area (TPSA) is 45.3 Å². The van der Waals surface area contributed by atoms with E-state index in [-0.39, 0.29) is 5.91 Å². The molecule has 0 radical (unpaired) electrons. The van der Waals surface area contributed by atoms with E-state index in [2.05, 4.69) is 29.2 Å². The van der Waals surface area contributed by atoms with Crippen LogP contribution in [0.4, 0.5) is 0 Å². The number of para-hydroxylation sites is 1. The third-order valence-corrected chi connectivity index (χ3v) is 4.77. The van der Waals surface area contributed by atoms with Crippen molar-refractivity contribution in [2.75, 3.05) is 20.2 Å². The van der Waals surface area contributed by atoms with Gasteiger partial charge in [0.2, 0.25) is 0 Å². The molecule has 0 bridgehead atoms. The second kappa shape index (κ2) is 6.04. The molecule has 1 N–H and O–H groups in total. The number of carbonyl (C=O) groups excluding carboxylic acids is 1. The minimum Gasteiger partial charge on any atom is -0.497 e. The summed E-state index contributed by atoms with van der Waals surface area (Å²) in [5.74, 6) is 0.787. The molecule has 4 nitrogen and oxygen atoms in total. The first-order valence-corrected chi connectivity index (χ1v) is 8.28. The van der Waals surface area contributed by atoms with Crippen LogP contribution < -0.4 is 4.74 Å². The summed E-state index contributed by atoms with van der Waals surface area (Å²) in [6, 6.07) is 15.8. The Morgan fingerprint density at radius 1 is 1.08 bits per heavy atom. The fourth-order valence-electron chi connectivity index (χ4n) is 3.50. The van der Waals surface area contributed by atoms with Gasteiger partial charge in [-0.3, -0.25) is 4.79 Å². The largest absolute Gasteiger partial charge is 0.497 e. The third-order valence-electron chi connectivity index (χ3n) is 4.77. The third kappa shape index (κ3) is 2.54. The number of nitrogens with one attached hydrogen (secondary N) is 1. The maximum Gasteiger partial charge on any atom is 0.254 e. The van der Waals surface area contributed by atoms with Crippen molar-refractivity contribution in [1.29, 1.82) is 0 Å². The first kappa shape index (κ1) is 14.8. The summed E-state index contributed by atoms with van der Waals surface area (Å²) in [5, 5.41) is 1.28. The minimum absolute atomic E-state index is 0.0726. The van der Waals surface area contributed by atoms with E-state index in [1.54, 1.807) is 7.11 Å². The van der Waals surface area contributed by atoms with Crippen LogP contribution in [0.2, 0.25) is 0 Å². The summed E-state index contributed by atoms with van der Waals surface area (Å²) in [7, 11) is 1.62. The molecule has 1 aliphatic heterocycles. The maximum absolute atomic E-state index is 12.8. The number of hydrogen-bond acceptors (Lipinski definition) is 2. The van der Waals surface area contributed by atoms with Gasteiger partial charge < -0.3 is 14.6 Å². The SMILES string of the molecule is COc1cccc(C(=O)N2CCc3[nH]c4ccccc4c3CC2)c1. The highest BCUT2D eigenvalue weighted by Gasteiger charge is 2.22. The molecule has 2 heterocycles. The number of methoxy groups -OCH3 is 1. The molecular weight excluding hydrogens is 300 g/mol. The number of aromatic amines is 1. The number of carbonyl (C=O) groups is 1. The molecule has 0 fully saturated rings. The smallest absolute Gasteiger partial charge is 0.254 e. The molecule has 0 atom stereocenters. The lowest BCUT2D eigenvalue weighted by atomic mass is 10.1. The van der Waals surface area contributed by atoms with Crippen LogP contribution in [0.3, 0.4) is 0 Å². The highest BCUT2D eigenvalue weighted by molar-refractivity contribution is 5.95. The van der Waals surface area contributed by atoms with Crippen molar-refractivity contribution in [3.63, 3.8) is 0 Å². The number of nitrogens with zero attached hydrogens (tertiary/aromatic N) is 1. The summed E-state index contributed by atoms with van der Waals surface area (Å²) in [4.78, 5) is 18.3. The summed E-state index contributed by atoms with van der Waals surface area (Å²) in [6.07, 6.45) is 1.74. The number of ether oxygens (including phenoxy) is 1. The van der Waals surface area contributed by atoms with Gasteiger partial charge in [-0.25, -0.2) is 0 Å². The fraction of sp³-hybridized carbons (Fsp3) is 0.250. The summed E-state index contributed by atoms with van der Waals surface area (Å²) in [5.41, 5.74) is 4.49. The Kier molecular flexibility index (Phi) is 3.73. The predicted octanol–water partition coefficient (Wildman–Crippen LogP) is 3.42. The van der Waals surface area contributed by atoms with Crippen molar-refractivity contribution in [2.45, 2.75) is 12.8 Å². The monoisotopic (exact) mass is 320 g/mol. The average Bonchev–Trinajstić information content (AvgIpc) is 2.85. The highest BCUT2D eigenvalue weighted by Crippen LogP contribution is 2.26. The predicted molar refractivity (Wildman–Crippen MR) is 94.6 cm³/mol. The van der Waals surface area contributed by atoms with Crippen molar-refractivity contribution in [3.8, 4) is 5.75 Å². The molecule has 0 aliphatic carbocycles. The van der Waals surface area contributed by atoms with E-state index in [9.17, 15) is 4.79 Å². The van der Waals surface area contributed by atoms with Crippen LogP contribution in [-0.4, -0.2) is 36.0 Å². The molecule has 3 aromatic rings. The Balaban J connectivity index is 1.58. The first-order chi connectivity index (χ1) is 11.8. The lowest BCUT2D eigenvalue weighted by molar-refractivity contribution is 0.0762.